The zero-order valence-electron chi connectivity index (χ0n) is 14.7. The monoisotopic (exact) mass is 376 g/mol. The van der Waals surface area contributed by atoms with E-state index in [1.807, 2.05) is 30.3 Å². The third-order valence-electron chi connectivity index (χ3n) is 3.92. The van der Waals surface area contributed by atoms with Gasteiger partial charge >= 0.3 is 0 Å². The van der Waals surface area contributed by atoms with Gasteiger partial charge in [0.15, 0.2) is 0 Å². The van der Waals surface area contributed by atoms with Crippen molar-refractivity contribution in [3.8, 4) is 0 Å². The summed E-state index contributed by atoms with van der Waals surface area (Å²) in [5.41, 5.74) is 3.10. The molecule has 28 heavy (non-hydrogen) atoms. The maximum Gasteiger partial charge on any atom is 0.276 e. The van der Waals surface area contributed by atoms with Crippen molar-refractivity contribution in [2.45, 2.75) is 6.54 Å². The molecule has 3 aromatic rings. The van der Waals surface area contributed by atoms with E-state index in [4.69, 9.17) is 0 Å². The molecule has 8 heteroatoms. The second-order valence-corrected chi connectivity index (χ2v) is 5.89. The third-order valence-corrected chi connectivity index (χ3v) is 3.92. The minimum Gasteiger partial charge on any atom is -0.310 e. The predicted octanol–water partition coefficient (Wildman–Crippen LogP) is 2.57. The molecule has 0 aliphatic heterocycles. The molecule has 0 unspecified atom stereocenters. The highest BCUT2D eigenvalue weighted by atomic mass is 16.6. The lowest BCUT2D eigenvalue weighted by atomic mass is 10.2. The highest BCUT2D eigenvalue weighted by Crippen LogP contribution is 2.11. The molecule has 0 aliphatic carbocycles. The van der Waals surface area contributed by atoms with Crippen molar-refractivity contribution in [3.63, 3.8) is 0 Å². The number of amides is 1. The number of hydrazone groups is 1. The molecule has 1 heterocycles. The molecule has 0 radical (unpaired) electrons. The number of pyridine rings is 1. The molecular formula is C20H16N4O4. The van der Waals surface area contributed by atoms with Gasteiger partial charge in [-0.2, -0.15) is 5.10 Å². The number of nitro benzene ring substituents is 1. The topological polar surface area (TPSA) is 107 Å². The molecule has 3 rings (SSSR count). The van der Waals surface area contributed by atoms with Crippen LogP contribution in [-0.2, 0) is 6.54 Å². The number of hydrogen-bond acceptors (Lipinski definition) is 5. The van der Waals surface area contributed by atoms with Crippen molar-refractivity contribution < 1.29 is 9.72 Å². The van der Waals surface area contributed by atoms with E-state index in [1.165, 1.54) is 35.0 Å². The van der Waals surface area contributed by atoms with Gasteiger partial charge in [0.05, 0.1) is 17.7 Å². The molecule has 0 aliphatic rings. The highest BCUT2D eigenvalue weighted by Gasteiger charge is 2.11. The van der Waals surface area contributed by atoms with Crippen molar-refractivity contribution in [2.24, 2.45) is 5.10 Å². The summed E-state index contributed by atoms with van der Waals surface area (Å²) in [6.45, 7) is 0.345. The summed E-state index contributed by atoms with van der Waals surface area (Å²) < 4.78 is 1.44. The number of benzene rings is 2. The van der Waals surface area contributed by atoms with Crippen LogP contribution in [0.1, 0.15) is 21.5 Å². The zero-order valence-corrected chi connectivity index (χ0v) is 14.7. The fourth-order valence-electron chi connectivity index (χ4n) is 2.56. The van der Waals surface area contributed by atoms with Gasteiger partial charge in [-0.3, -0.25) is 19.7 Å². The van der Waals surface area contributed by atoms with E-state index in [2.05, 4.69) is 10.5 Å². The van der Waals surface area contributed by atoms with Crippen LogP contribution in [0.4, 0.5) is 5.69 Å². The minimum absolute atomic E-state index is 0.0466. The van der Waals surface area contributed by atoms with E-state index >= 15 is 0 Å². The van der Waals surface area contributed by atoms with Gasteiger partial charge in [0.25, 0.3) is 17.2 Å². The third kappa shape index (κ3) is 4.55. The molecule has 8 nitrogen and oxygen atoms in total. The van der Waals surface area contributed by atoms with Crippen LogP contribution in [0.2, 0.25) is 0 Å². The zero-order chi connectivity index (χ0) is 19.9. The molecule has 0 saturated carbocycles. The summed E-state index contributed by atoms with van der Waals surface area (Å²) in [6.07, 6.45) is 2.88. The van der Waals surface area contributed by atoms with Crippen molar-refractivity contribution in [1.82, 2.24) is 9.99 Å². The quantitative estimate of drug-likeness (QED) is 0.405. The lowest BCUT2D eigenvalue weighted by molar-refractivity contribution is -0.384. The van der Waals surface area contributed by atoms with Gasteiger partial charge in [-0.05, 0) is 17.7 Å². The van der Waals surface area contributed by atoms with Crippen molar-refractivity contribution in [2.75, 3.05) is 0 Å². The van der Waals surface area contributed by atoms with Crippen molar-refractivity contribution in [1.29, 1.82) is 0 Å². The summed E-state index contributed by atoms with van der Waals surface area (Å²) in [4.78, 5) is 35.1. The molecule has 1 N–H and O–H groups in total. The van der Waals surface area contributed by atoms with E-state index < -0.39 is 16.4 Å². The minimum atomic E-state index is -0.658. The fraction of sp³-hybridized carbons (Fsp3) is 0.0500. The SMILES string of the molecule is O=C(N/N=C\c1cccc([N+](=O)[O-])c1)c1cccn(Cc2ccccc2)c1=O. The Morgan fingerprint density at radius 3 is 2.64 bits per heavy atom. The lowest BCUT2D eigenvalue weighted by Crippen LogP contribution is -2.30. The molecule has 1 aromatic heterocycles. The average molecular weight is 376 g/mol. The number of nitrogens with zero attached hydrogens (tertiary/aromatic N) is 3. The molecule has 0 atom stereocenters. The van der Waals surface area contributed by atoms with Gasteiger partial charge in [0, 0.05) is 23.9 Å². The Kier molecular flexibility index (Phi) is 5.71. The van der Waals surface area contributed by atoms with Crippen LogP contribution in [0.15, 0.2) is 82.8 Å². The van der Waals surface area contributed by atoms with Crippen LogP contribution in [0, 0.1) is 10.1 Å². The first kappa shape index (κ1) is 18.7. The Morgan fingerprint density at radius 1 is 1.11 bits per heavy atom. The van der Waals surface area contributed by atoms with Gasteiger partial charge in [-0.15, -0.1) is 0 Å². The van der Waals surface area contributed by atoms with Gasteiger partial charge in [-0.25, -0.2) is 5.43 Å². The highest BCUT2D eigenvalue weighted by molar-refractivity contribution is 5.94. The van der Waals surface area contributed by atoms with Crippen LogP contribution in [-0.4, -0.2) is 21.6 Å². The number of nitrogens with one attached hydrogen (secondary N) is 1. The molecule has 1 amide bonds. The number of nitro groups is 1. The van der Waals surface area contributed by atoms with E-state index in [0.717, 1.165) is 5.56 Å². The lowest BCUT2D eigenvalue weighted by Gasteiger charge is -2.07. The molecule has 2 aromatic carbocycles. The van der Waals surface area contributed by atoms with Gasteiger partial charge in [0.2, 0.25) is 0 Å². The second-order valence-electron chi connectivity index (χ2n) is 5.89. The Morgan fingerprint density at radius 2 is 1.89 bits per heavy atom. The number of rotatable bonds is 6. The summed E-state index contributed by atoms with van der Waals surface area (Å²) in [7, 11) is 0. The van der Waals surface area contributed by atoms with Gasteiger partial charge in [-0.1, -0.05) is 42.5 Å². The van der Waals surface area contributed by atoms with Gasteiger partial charge in [0.1, 0.15) is 5.56 Å². The van der Waals surface area contributed by atoms with E-state index in [1.54, 1.807) is 18.3 Å². The molecule has 0 fully saturated rings. The van der Waals surface area contributed by atoms with E-state index in [9.17, 15) is 19.7 Å². The van der Waals surface area contributed by atoms with E-state index in [-0.39, 0.29) is 11.3 Å². The number of carbonyl (C=O) groups is 1. The van der Waals surface area contributed by atoms with Crippen molar-refractivity contribution in [3.05, 3.63) is 110 Å². The maximum atomic E-state index is 12.5. The number of carbonyl (C=O) groups excluding carboxylic acids is 1. The molecule has 0 spiro atoms. The van der Waals surface area contributed by atoms with Crippen LogP contribution >= 0.6 is 0 Å². The molecule has 0 bridgehead atoms. The summed E-state index contributed by atoms with van der Waals surface area (Å²) in [6, 6.07) is 18.3. The Labute approximate surface area is 159 Å². The molecule has 0 saturated heterocycles. The van der Waals surface area contributed by atoms with E-state index in [0.29, 0.717) is 12.1 Å². The summed E-state index contributed by atoms with van der Waals surface area (Å²) in [5, 5.41) is 14.6. The first-order valence-electron chi connectivity index (χ1n) is 8.36. The first-order valence-corrected chi connectivity index (χ1v) is 8.36. The Balaban J connectivity index is 1.72. The van der Waals surface area contributed by atoms with Crippen LogP contribution in [0.5, 0.6) is 0 Å². The first-order chi connectivity index (χ1) is 13.5. The maximum absolute atomic E-state index is 12.5. The molecule has 140 valence electrons. The Hall–Kier alpha value is -4.07. The number of non-ortho nitro benzene ring substituents is 1. The van der Waals surface area contributed by atoms with Crippen LogP contribution in [0.3, 0.4) is 0 Å². The largest absolute Gasteiger partial charge is 0.310 e. The number of hydrogen-bond donors (Lipinski definition) is 1. The second kappa shape index (κ2) is 8.54. The standard InChI is InChI=1S/C20H16N4O4/c25-19(22-21-13-16-8-4-9-17(12-16)24(27)28)18-10-5-11-23(20(18)26)14-15-6-2-1-3-7-15/h1-13H,14H2,(H,22,25)/b21-13-. The predicted molar refractivity (Wildman–Crippen MR) is 104 cm³/mol. The summed E-state index contributed by atoms with van der Waals surface area (Å²) in [5.74, 6) is -0.658. The number of aromatic nitrogens is 1. The van der Waals surface area contributed by atoms with Crippen molar-refractivity contribution >= 4 is 17.8 Å². The smallest absolute Gasteiger partial charge is 0.276 e. The fourth-order valence-corrected chi connectivity index (χ4v) is 2.56. The normalized spacial score (nSPS) is 10.7. The van der Waals surface area contributed by atoms with Gasteiger partial charge < -0.3 is 4.57 Å². The average Bonchev–Trinajstić information content (AvgIpc) is 2.70. The molecular weight excluding hydrogens is 360 g/mol. The van der Waals surface area contributed by atoms with Crippen LogP contribution in [0.25, 0.3) is 0 Å². The Bertz CT molecular complexity index is 1090. The van der Waals surface area contributed by atoms with Crippen LogP contribution < -0.4 is 11.0 Å². The summed E-state index contributed by atoms with van der Waals surface area (Å²) >= 11 is 0.